The van der Waals surface area contributed by atoms with Crippen molar-refractivity contribution in [3.05, 3.63) is 51.9 Å². The van der Waals surface area contributed by atoms with Crippen LogP contribution < -0.4 is 10.3 Å². The van der Waals surface area contributed by atoms with Gasteiger partial charge in [0.1, 0.15) is 5.75 Å². The first-order chi connectivity index (χ1) is 9.11. The van der Waals surface area contributed by atoms with Crippen LogP contribution in [-0.2, 0) is 12.8 Å². The second kappa shape index (κ2) is 5.93. The third-order valence-corrected chi connectivity index (χ3v) is 4.09. The zero-order chi connectivity index (χ0) is 13.8. The monoisotopic (exact) mass is 276 g/mol. The predicted molar refractivity (Wildman–Crippen MR) is 76.8 cm³/mol. The lowest BCUT2D eigenvalue weighted by Crippen LogP contribution is -2.21. The lowest BCUT2D eigenvalue weighted by Gasteiger charge is -2.06. The van der Waals surface area contributed by atoms with Crippen molar-refractivity contribution < 1.29 is 4.74 Å². The molecular formula is C14H16N2O2S. The number of aryl methyl sites for hydroxylation is 1. The van der Waals surface area contributed by atoms with Crippen LogP contribution in [0.25, 0.3) is 0 Å². The Bertz CT molecular complexity index is 620. The average Bonchev–Trinajstić information content (AvgIpc) is 2.45. The number of ether oxygens (including phenoxy) is 1. The normalized spacial score (nSPS) is 10.5. The summed E-state index contributed by atoms with van der Waals surface area (Å²) in [7, 11) is 3.31. The first kappa shape index (κ1) is 13.7. The Labute approximate surface area is 116 Å². The van der Waals surface area contributed by atoms with Crippen LogP contribution in [0.3, 0.4) is 0 Å². The fourth-order valence-electron chi connectivity index (χ4n) is 1.66. The Morgan fingerprint density at radius 1 is 1.32 bits per heavy atom. The molecule has 19 heavy (non-hydrogen) atoms. The van der Waals surface area contributed by atoms with Gasteiger partial charge in [-0.15, -0.1) is 11.8 Å². The van der Waals surface area contributed by atoms with Crippen molar-refractivity contribution in [3.8, 4) is 5.75 Å². The SMILES string of the molecule is COc1ccc(CSc2cnn(C)c(=O)c2C)cc1. The first-order valence-corrected chi connectivity index (χ1v) is 6.89. The summed E-state index contributed by atoms with van der Waals surface area (Å²) in [5.41, 5.74) is 1.89. The van der Waals surface area contributed by atoms with Gasteiger partial charge in [0, 0.05) is 23.3 Å². The van der Waals surface area contributed by atoms with Gasteiger partial charge in [-0.2, -0.15) is 5.10 Å². The highest BCUT2D eigenvalue weighted by Gasteiger charge is 2.06. The number of thioether (sulfide) groups is 1. The van der Waals surface area contributed by atoms with Crippen LogP contribution in [0.15, 0.2) is 40.2 Å². The van der Waals surface area contributed by atoms with E-state index in [0.717, 1.165) is 22.0 Å². The van der Waals surface area contributed by atoms with Gasteiger partial charge in [0.2, 0.25) is 0 Å². The summed E-state index contributed by atoms with van der Waals surface area (Å²) in [6.07, 6.45) is 1.74. The highest BCUT2D eigenvalue weighted by molar-refractivity contribution is 7.98. The Kier molecular flexibility index (Phi) is 4.27. The van der Waals surface area contributed by atoms with Crippen molar-refractivity contribution in [2.24, 2.45) is 7.05 Å². The van der Waals surface area contributed by atoms with Crippen molar-refractivity contribution in [2.75, 3.05) is 7.11 Å². The van der Waals surface area contributed by atoms with Gasteiger partial charge in [-0.1, -0.05) is 12.1 Å². The topological polar surface area (TPSA) is 44.1 Å². The van der Waals surface area contributed by atoms with Crippen LogP contribution in [-0.4, -0.2) is 16.9 Å². The third-order valence-electron chi connectivity index (χ3n) is 2.89. The van der Waals surface area contributed by atoms with E-state index in [-0.39, 0.29) is 5.56 Å². The van der Waals surface area contributed by atoms with E-state index in [0.29, 0.717) is 0 Å². The van der Waals surface area contributed by atoms with Crippen LogP contribution in [0.1, 0.15) is 11.1 Å². The summed E-state index contributed by atoms with van der Waals surface area (Å²) >= 11 is 1.62. The molecule has 0 aliphatic carbocycles. The predicted octanol–water partition coefficient (Wildman–Crippen LogP) is 2.39. The third kappa shape index (κ3) is 3.17. The Morgan fingerprint density at radius 2 is 2.00 bits per heavy atom. The molecule has 0 amide bonds. The molecule has 5 heteroatoms. The molecule has 0 bridgehead atoms. The number of hydrogen-bond acceptors (Lipinski definition) is 4. The van der Waals surface area contributed by atoms with E-state index < -0.39 is 0 Å². The summed E-state index contributed by atoms with van der Waals surface area (Å²) in [4.78, 5) is 12.7. The maximum atomic E-state index is 11.8. The van der Waals surface area contributed by atoms with E-state index in [4.69, 9.17) is 4.74 Å². The van der Waals surface area contributed by atoms with Crippen molar-refractivity contribution >= 4 is 11.8 Å². The fraction of sp³-hybridized carbons (Fsp3) is 0.286. The van der Waals surface area contributed by atoms with Crippen molar-refractivity contribution in [1.29, 1.82) is 0 Å². The summed E-state index contributed by atoms with van der Waals surface area (Å²) in [5, 5.41) is 4.04. The number of rotatable bonds is 4. The summed E-state index contributed by atoms with van der Waals surface area (Å²) in [5.74, 6) is 1.65. The van der Waals surface area contributed by atoms with Crippen LogP contribution in [0.5, 0.6) is 5.75 Å². The smallest absolute Gasteiger partial charge is 0.270 e. The molecular weight excluding hydrogens is 260 g/mol. The highest BCUT2D eigenvalue weighted by atomic mass is 32.2. The molecule has 0 radical (unpaired) electrons. The zero-order valence-electron chi connectivity index (χ0n) is 11.2. The van der Waals surface area contributed by atoms with Crippen LogP contribution in [0.4, 0.5) is 0 Å². The zero-order valence-corrected chi connectivity index (χ0v) is 12.0. The molecule has 1 heterocycles. The molecule has 0 saturated heterocycles. The molecule has 0 spiro atoms. The molecule has 0 aliphatic rings. The molecule has 1 aromatic carbocycles. The largest absolute Gasteiger partial charge is 0.497 e. The standard InChI is InChI=1S/C14H16N2O2S/c1-10-13(8-15-16(2)14(10)17)19-9-11-4-6-12(18-3)7-5-11/h4-8H,9H2,1-3H3. The van der Waals surface area contributed by atoms with E-state index in [1.165, 1.54) is 10.2 Å². The van der Waals surface area contributed by atoms with E-state index in [1.807, 2.05) is 31.2 Å². The fourth-order valence-corrected chi connectivity index (χ4v) is 2.60. The van der Waals surface area contributed by atoms with E-state index in [1.54, 1.807) is 32.1 Å². The van der Waals surface area contributed by atoms with Crippen LogP contribution in [0, 0.1) is 6.92 Å². The maximum absolute atomic E-state index is 11.8. The van der Waals surface area contributed by atoms with Crippen molar-refractivity contribution in [3.63, 3.8) is 0 Å². The van der Waals surface area contributed by atoms with Gasteiger partial charge in [0.25, 0.3) is 5.56 Å². The van der Waals surface area contributed by atoms with Gasteiger partial charge >= 0.3 is 0 Å². The first-order valence-electron chi connectivity index (χ1n) is 5.90. The number of methoxy groups -OCH3 is 1. The minimum absolute atomic E-state index is 0.0419. The van der Waals surface area contributed by atoms with Gasteiger partial charge in [0.05, 0.1) is 13.3 Å². The van der Waals surface area contributed by atoms with Gasteiger partial charge in [0.15, 0.2) is 0 Å². The lowest BCUT2D eigenvalue weighted by atomic mass is 10.2. The molecule has 1 aromatic heterocycles. The summed E-state index contributed by atoms with van der Waals surface area (Å²) in [6, 6.07) is 7.92. The summed E-state index contributed by atoms with van der Waals surface area (Å²) < 4.78 is 6.47. The molecule has 0 fully saturated rings. The van der Waals surface area contributed by atoms with Crippen LogP contribution in [0.2, 0.25) is 0 Å². The quantitative estimate of drug-likeness (QED) is 0.804. The maximum Gasteiger partial charge on any atom is 0.270 e. The molecule has 2 rings (SSSR count). The molecule has 2 aromatic rings. The number of nitrogens with zero attached hydrogens (tertiary/aromatic N) is 2. The van der Waals surface area contributed by atoms with Crippen LogP contribution >= 0.6 is 11.8 Å². The minimum Gasteiger partial charge on any atom is -0.497 e. The Hall–Kier alpha value is -1.75. The molecule has 4 nitrogen and oxygen atoms in total. The number of benzene rings is 1. The Balaban J connectivity index is 2.10. The van der Waals surface area contributed by atoms with Crippen molar-refractivity contribution in [1.82, 2.24) is 9.78 Å². The van der Waals surface area contributed by atoms with Crippen molar-refractivity contribution in [2.45, 2.75) is 17.6 Å². The molecule has 100 valence electrons. The summed E-state index contributed by atoms with van der Waals surface area (Å²) in [6.45, 7) is 1.83. The number of hydrogen-bond donors (Lipinski definition) is 0. The van der Waals surface area contributed by atoms with E-state index in [2.05, 4.69) is 5.10 Å². The van der Waals surface area contributed by atoms with Gasteiger partial charge < -0.3 is 4.74 Å². The minimum atomic E-state index is -0.0419. The second-order valence-corrected chi connectivity index (χ2v) is 5.22. The van der Waals surface area contributed by atoms with Gasteiger partial charge in [-0.25, -0.2) is 4.68 Å². The average molecular weight is 276 g/mol. The van der Waals surface area contributed by atoms with E-state index in [9.17, 15) is 4.79 Å². The van der Waals surface area contributed by atoms with Gasteiger partial charge in [-0.3, -0.25) is 4.79 Å². The van der Waals surface area contributed by atoms with Gasteiger partial charge in [-0.05, 0) is 24.6 Å². The lowest BCUT2D eigenvalue weighted by molar-refractivity contribution is 0.414. The van der Waals surface area contributed by atoms with E-state index >= 15 is 0 Å². The molecule has 0 unspecified atom stereocenters. The number of aromatic nitrogens is 2. The molecule has 0 atom stereocenters. The molecule has 0 aliphatic heterocycles. The molecule has 0 saturated carbocycles. The molecule has 0 N–H and O–H groups in total. The highest BCUT2D eigenvalue weighted by Crippen LogP contribution is 2.24. The Morgan fingerprint density at radius 3 is 2.63 bits per heavy atom. The second-order valence-electron chi connectivity index (χ2n) is 4.20.